The van der Waals surface area contributed by atoms with Crippen LogP contribution in [0.15, 0.2) is 43.0 Å². The second kappa shape index (κ2) is 9.76. The smallest absolute Gasteiger partial charge is 0.302 e. The fraction of sp³-hybridized carbons (Fsp3) is 0.367. The molecule has 202 valence electrons. The van der Waals surface area contributed by atoms with Crippen LogP contribution in [0.4, 0.5) is 0 Å². The molecule has 2 heterocycles. The third kappa shape index (κ3) is 4.84. The number of aliphatic hydroxyl groups is 1. The summed E-state index contributed by atoms with van der Waals surface area (Å²) in [6.07, 6.45) is 4.52. The summed E-state index contributed by atoms with van der Waals surface area (Å²) in [5.41, 5.74) is 1.20. The first-order valence-corrected chi connectivity index (χ1v) is 12.5. The van der Waals surface area contributed by atoms with Crippen LogP contribution in [0, 0.1) is 0 Å². The molecule has 0 amide bonds. The van der Waals surface area contributed by atoms with E-state index in [1.54, 1.807) is 13.8 Å². The lowest BCUT2D eigenvalue weighted by molar-refractivity contribution is 0.0711. The van der Waals surface area contributed by atoms with Gasteiger partial charge in [0.05, 0.1) is 5.60 Å². The molecule has 2 aromatic heterocycles. The molecule has 38 heavy (non-hydrogen) atoms. The number of rotatable bonds is 7. The number of phenolic OH excluding ortho intramolecular Hbond substituents is 4. The van der Waals surface area contributed by atoms with E-state index in [0.717, 1.165) is 11.1 Å². The van der Waals surface area contributed by atoms with E-state index < -0.39 is 22.5 Å². The van der Waals surface area contributed by atoms with E-state index in [9.17, 15) is 30.3 Å². The summed E-state index contributed by atoms with van der Waals surface area (Å²) in [4.78, 5) is 13.9. The standard InChI is InChI=1S/C30H34O8/c1-14(2)7-9-17-23(32)16(11-12-30(5,6)36)25(34)22-26(35)21-19-13-20(31)24(33)18(10-8-15(3)4)27(19)37-29(21)38-28(17)22/h7-8,13,31-34,36H,9-12H2,1-6H3. The molecule has 4 rings (SSSR count). The van der Waals surface area contributed by atoms with Crippen molar-refractivity contribution in [2.45, 2.75) is 72.8 Å². The van der Waals surface area contributed by atoms with Gasteiger partial charge in [0.25, 0.3) is 0 Å². The van der Waals surface area contributed by atoms with Gasteiger partial charge in [0, 0.05) is 22.1 Å². The van der Waals surface area contributed by atoms with E-state index in [0.29, 0.717) is 11.1 Å². The van der Waals surface area contributed by atoms with Crippen LogP contribution in [0.3, 0.4) is 0 Å². The summed E-state index contributed by atoms with van der Waals surface area (Å²) in [7, 11) is 0. The number of fused-ring (bicyclic) bond motifs is 4. The van der Waals surface area contributed by atoms with Crippen molar-refractivity contribution in [1.29, 1.82) is 0 Å². The minimum Gasteiger partial charge on any atom is -0.507 e. The Kier molecular flexibility index (Phi) is 6.97. The van der Waals surface area contributed by atoms with Crippen LogP contribution >= 0.6 is 0 Å². The number of allylic oxidation sites excluding steroid dienone is 4. The molecule has 0 bridgehead atoms. The molecule has 8 nitrogen and oxygen atoms in total. The minimum absolute atomic E-state index is 0.00356. The molecule has 0 radical (unpaired) electrons. The average molecular weight is 523 g/mol. The second-order valence-corrected chi connectivity index (χ2v) is 10.9. The number of phenols is 4. The first-order valence-electron chi connectivity index (χ1n) is 12.5. The van der Waals surface area contributed by atoms with Gasteiger partial charge < -0.3 is 34.4 Å². The Bertz CT molecular complexity index is 1680. The highest BCUT2D eigenvalue weighted by Gasteiger charge is 2.28. The van der Waals surface area contributed by atoms with Crippen LogP contribution in [-0.4, -0.2) is 31.1 Å². The second-order valence-electron chi connectivity index (χ2n) is 10.9. The van der Waals surface area contributed by atoms with Gasteiger partial charge in [0.15, 0.2) is 17.1 Å². The highest BCUT2D eigenvalue weighted by Crippen LogP contribution is 2.44. The topological polar surface area (TPSA) is 144 Å². The lowest BCUT2D eigenvalue weighted by Gasteiger charge is -2.19. The minimum atomic E-state index is -1.06. The van der Waals surface area contributed by atoms with Gasteiger partial charge in [-0.25, -0.2) is 0 Å². The van der Waals surface area contributed by atoms with Crippen molar-refractivity contribution >= 4 is 33.1 Å². The maximum Gasteiger partial charge on any atom is 0.302 e. The highest BCUT2D eigenvalue weighted by atomic mass is 16.5. The molecule has 0 fully saturated rings. The van der Waals surface area contributed by atoms with E-state index in [4.69, 9.17) is 8.83 Å². The van der Waals surface area contributed by atoms with E-state index in [2.05, 4.69) is 0 Å². The summed E-state index contributed by atoms with van der Waals surface area (Å²) in [6.45, 7) is 10.8. The largest absolute Gasteiger partial charge is 0.507 e. The van der Waals surface area contributed by atoms with Crippen LogP contribution in [0.1, 0.15) is 64.7 Å². The molecule has 0 aliphatic heterocycles. The van der Waals surface area contributed by atoms with E-state index in [1.165, 1.54) is 6.07 Å². The Morgan fingerprint density at radius 3 is 1.92 bits per heavy atom. The van der Waals surface area contributed by atoms with Crippen molar-refractivity contribution in [2.75, 3.05) is 0 Å². The summed E-state index contributed by atoms with van der Waals surface area (Å²) in [5.74, 6) is -1.57. The Hall–Kier alpha value is -3.91. The van der Waals surface area contributed by atoms with Crippen molar-refractivity contribution in [3.05, 3.63) is 56.3 Å². The van der Waals surface area contributed by atoms with Crippen LogP contribution in [0.5, 0.6) is 23.0 Å². The highest BCUT2D eigenvalue weighted by molar-refractivity contribution is 6.09. The van der Waals surface area contributed by atoms with E-state index in [1.807, 2.05) is 39.8 Å². The zero-order valence-electron chi connectivity index (χ0n) is 22.5. The number of benzene rings is 2. The van der Waals surface area contributed by atoms with Crippen LogP contribution in [-0.2, 0) is 19.3 Å². The fourth-order valence-electron chi connectivity index (χ4n) is 4.55. The lowest BCUT2D eigenvalue weighted by atomic mass is 9.92. The molecule has 0 aliphatic carbocycles. The molecule has 0 spiro atoms. The van der Waals surface area contributed by atoms with Crippen molar-refractivity contribution in [3.63, 3.8) is 0 Å². The van der Waals surface area contributed by atoms with Gasteiger partial charge >= 0.3 is 5.78 Å². The molecule has 2 aromatic carbocycles. The molecule has 4 aromatic rings. The predicted molar refractivity (Wildman–Crippen MR) is 147 cm³/mol. The third-order valence-electron chi connectivity index (χ3n) is 6.66. The van der Waals surface area contributed by atoms with Gasteiger partial charge in [-0.3, -0.25) is 4.79 Å². The number of hydrogen-bond acceptors (Lipinski definition) is 8. The summed E-state index contributed by atoms with van der Waals surface area (Å²) < 4.78 is 12.0. The SMILES string of the molecule is CC(C)=CCc1c(O)c(CCC(C)(C)O)c(O)c2c(=O)c3c(oc12)oc1c(CC=C(C)C)c(O)c(O)cc13. The predicted octanol–water partition coefficient (Wildman–Crippen LogP) is 6.24. The van der Waals surface area contributed by atoms with Crippen LogP contribution in [0.25, 0.3) is 33.1 Å². The molecule has 0 aliphatic rings. The van der Waals surface area contributed by atoms with Crippen LogP contribution in [0.2, 0.25) is 0 Å². The third-order valence-corrected chi connectivity index (χ3v) is 6.66. The van der Waals surface area contributed by atoms with Crippen molar-refractivity contribution in [3.8, 4) is 23.0 Å². The van der Waals surface area contributed by atoms with Gasteiger partial charge in [-0.1, -0.05) is 23.3 Å². The Labute approximate surface area is 219 Å². The summed E-state index contributed by atoms with van der Waals surface area (Å²) >= 11 is 0. The average Bonchev–Trinajstić information content (AvgIpc) is 3.16. The van der Waals surface area contributed by atoms with E-state index in [-0.39, 0.29) is 75.9 Å². The zero-order chi connectivity index (χ0) is 28.1. The van der Waals surface area contributed by atoms with Gasteiger partial charge in [-0.05, 0) is 73.3 Å². The van der Waals surface area contributed by atoms with Crippen molar-refractivity contribution < 1.29 is 34.4 Å². The molecule has 8 heteroatoms. The van der Waals surface area contributed by atoms with Gasteiger partial charge in [0.1, 0.15) is 27.9 Å². The van der Waals surface area contributed by atoms with Gasteiger partial charge in [-0.15, -0.1) is 0 Å². The molecule has 0 saturated carbocycles. The number of aromatic hydroxyl groups is 4. The van der Waals surface area contributed by atoms with Gasteiger partial charge in [0.2, 0.25) is 5.43 Å². The maximum absolute atomic E-state index is 13.9. The number of hydrogen-bond donors (Lipinski definition) is 5. The molecule has 0 unspecified atom stereocenters. The van der Waals surface area contributed by atoms with Gasteiger partial charge in [-0.2, -0.15) is 0 Å². The molecule has 0 saturated heterocycles. The normalized spacial score (nSPS) is 12.0. The molecular weight excluding hydrogens is 488 g/mol. The molecule has 0 atom stereocenters. The Morgan fingerprint density at radius 1 is 0.816 bits per heavy atom. The van der Waals surface area contributed by atoms with Crippen molar-refractivity contribution in [2.24, 2.45) is 0 Å². The molecule has 5 N–H and O–H groups in total. The van der Waals surface area contributed by atoms with Crippen molar-refractivity contribution in [1.82, 2.24) is 0 Å². The summed E-state index contributed by atoms with van der Waals surface area (Å²) in [6, 6.07) is 1.24. The Balaban J connectivity index is 2.14. The van der Waals surface area contributed by atoms with Crippen LogP contribution < -0.4 is 5.43 Å². The first kappa shape index (κ1) is 27.1. The summed E-state index contributed by atoms with van der Waals surface area (Å²) in [5, 5.41) is 53.8. The first-order chi connectivity index (χ1) is 17.7. The lowest BCUT2D eigenvalue weighted by Crippen LogP contribution is -2.19. The number of furan rings is 1. The maximum atomic E-state index is 13.9. The monoisotopic (exact) mass is 522 g/mol. The van der Waals surface area contributed by atoms with E-state index >= 15 is 0 Å². The quantitative estimate of drug-likeness (QED) is 0.142. The Morgan fingerprint density at radius 2 is 1.37 bits per heavy atom. The molecular formula is C30H34O8. The zero-order valence-corrected chi connectivity index (χ0v) is 22.5. The fourth-order valence-corrected chi connectivity index (χ4v) is 4.55.